The number of fused-ring (bicyclic) bond motifs is 6. The average Bonchev–Trinajstić information content (AvgIpc) is 4.04. The van der Waals surface area contributed by atoms with Gasteiger partial charge in [0, 0.05) is 38.4 Å². The molecule has 54 heavy (non-hydrogen) atoms. The van der Waals surface area contributed by atoms with Crippen LogP contribution < -0.4 is 0 Å². The highest BCUT2D eigenvalue weighted by molar-refractivity contribution is 6.11. The quantitative estimate of drug-likeness (QED) is 0.174. The summed E-state index contributed by atoms with van der Waals surface area (Å²) in [6.07, 6.45) is 3.28. The van der Waals surface area contributed by atoms with E-state index in [4.69, 9.17) is 13.9 Å². The predicted molar refractivity (Wildman–Crippen MR) is 217 cm³/mol. The van der Waals surface area contributed by atoms with Crippen LogP contribution in [0, 0.1) is 0 Å². The van der Waals surface area contributed by atoms with Gasteiger partial charge in [-0.2, -0.15) is 5.10 Å². The summed E-state index contributed by atoms with van der Waals surface area (Å²) in [5, 5.41) is 9.78. The molecular formula is C48H30N4O2. The molecule has 11 aromatic rings. The molecule has 0 amide bonds. The number of aromatic nitrogens is 4. The van der Waals surface area contributed by atoms with Crippen molar-refractivity contribution in [3.05, 3.63) is 182 Å². The molecule has 0 aliphatic rings. The SMILES string of the molecule is c1ccc(-c2nn(-c3ccc4oc5ccc(-c6ccc7c(c6)c6ccccc6n7-c6ccccc6)cc5c4c3)c(-c3ccccc3)c2-c2ncco2)cc1. The maximum atomic E-state index is 6.43. The molecule has 0 N–H and O–H groups in total. The van der Waals surface area contributed by atoms with Gasteiger partial charge in [0.2, 0.25) is 5.89 Å². The molecule has 7 aromatic carbocycles. The number of benzene rings is 7. The Labute approximate surface area is 309 Å². The van der Waals surface area contributed by atoms with Crippen LogP contribution in [0.3, 0.4) is 0 Å². The molecule has 0 atom stereocenters. The van der Waals surface area contributed by atoms with E-state index in [0.717, 1.165) is 72.5 Å². The lowest BCUT2D eigenvalue weighted by Gasteiger charge is -2.09. The van der Waals surface area contributed by atoms with Gasteiger partial charge in [-0.15, -0.1) is 0 Å². The molecule has 6 heteroatoms. The summed E-state index contributed by atoms with van der Waals surface area (Å²) in [6, 6.07) is 59.2. The predicted octanol–water partition coefficient (Wildman–Crippen LogP) is 12.5. The second-order valence-electron chi connectivity index (χ2n) is 13.5. The van der Waals surface area contributed by atoms with Crippen LogP contribution in [-0.2, 0) is 0 Å². The summed E-state index contributed by atoms with van der Waals surface area (Å²) in [7, 11) is 0. The zero-order chi connectivity index (χ0) is 35.6. The van der Waals surface area contributed by atoms with Gasteiger partial charge in [-0.1, -0.05) is 109 Å². The van der Waals surface area contributed by atoms with Crippen LogP contribution in [0.1, 0.15) is 0 Å². The Balaban J connectivity index is 1.09. The molecule has 254 valence electrons. The lowest BCUT2D eigenvalue weighted by atomic mass is 10.0. The third-order valence-corrected chi connectivity index (χ3v) is 10.3. The molecule has 0 aliphatic heterocycles. The average molecular weight is 695 g/mol. The smallest absolute Gasteiger partial charge is 0.230 e. The molecule has 0 saturated heterocycles. The highest BCUT2D eigenvalue weighted by Crippen LogP contribution is 2.42. The third-order valence-electron chi connectivity index (χ3n) is 10.3. The Kier molecular flexibility index (Phi) is 6.75. The van der Waals surface area contributed by atoms with Crippen LogP contribution in [-0.4, -0.2) is 19.3 Å². The van der Waals surface area contributed by atoms with Gasteiger partial charge in [0.15, 0.2) is 0 Å². The molecule has 6 nitrogen and oxygen atoms in total. The lowest BCUT2D eigenvalue weighted by Crippen LogP contribution is -1.99. The van der Waals surface area contributed by atoms with E-state index < -0.39 is 0 Å². The first-order valence-electron chi connectivity index (χ1n) is 18.0. The Morgan fingerprint density at radius 2 is 1.09 bits per heavy atom. The third kappa shape index (κ3) is 4.74. The first kappa shape index (κ1) is 30.2. The second kappa shape index (κ2) is 12.1. The van der Waals surface area contributed by atoms with Crippen molar-refractivity contribution in [3.8, 4) is 56.5 Å². The van der Waals surface area contributed by atoms with Crippen LogP contribution >= 0.6 is 0 Å². The zero-order valence-corrected chi connectivity index (χ0v) is 28.9. The van der Waals surface area contributed by atoms with Gasteiger partial charge in [-0.05, 0) is 71.8 Å². The van der Waals surface area contributed by atoms with Crippen LogP contribution in [0.4, 0.5) is 0 Å². The van der Waals surface area contributed by atoms with E-state index >= 15 is 0 Å². The standard InChI is InChI=1S/C48H30N4O2/c1-4-12-31(13-5-1)46-45(48-49-26-27-53-48)47(32-14-6-2-7-15-32)52(50-46)36-22-25-44-40(30-36)39-29-34(21-24-43(39)54-44)33-20-23-42-38(28-33)37-18-10-11-19-41(37)51(42)35-16-8-3-9-17-35/h1-30H. The van der Waals surface area contributed by atoms with E-state index in [1.807, 2.05) is 47.1 Å². The van der Waals surface area contributed by atoms with Crippen molar-refractivity contribution in [2.75, 3.05) is 0 Å². The Morgan fingerprint density at radius 1 is 0.463 bits per heavy atom. The number of hydrogen-bond acceptors (Lipinski definition) is 4. The highest BCUT2D eigenvalue weighted by Gasteiger charge is 2.26. The van der Waals surface area contributed by atoms with Crippen LogP contribution in [0.5, 0.6) is 0 Å². The number of furan rings is 1. The fourth-order valence-corrected chi connectivity index (χ4v) is 7.90. The van der Waals surface area contributed by atoms with Gasteiger partial charge < -0.3 is 13.4 Å². The van der Waals surface area contributed by atoms with Gasteiger partial charge in [0.05, 0.1) is 34.2 Å². The molecule has 0 aliphatic carbocycles. The molecule has 0 saturated carbocycles. The molecular weight excluding hydrogens is 665 g/mol. The Bertz CT molecular complexity index is 3140. The van der Waals surface area contributed by atoms with Crippen molar-refractivity contribution in [2.45, 2.75) is 0 Å². The monoisotopic (exact) mass is 694 g/mol. The lowest BCUT2D eigenvalue weighted by molar-refractivity contribution is 0.575. The summed E-state index contributed by atoms with van der Waals surface area (Å²) < 4.78 is 16.7. The van der Waals surface area contributed by atoms with Gasteiger partial charge in [0.25, 0.3) is 0 Å². The van der Waals surface area contributed by atoms with Crippen molar-refractivity contribution in [3.63, 3.8) is 0 Å². The van der Waals surface area contributed by atoms with E-state index in [-0.39, 0.29) is 0 Å². The van der Waals surface area contributed by atoms with Gasteiger partial charge in [-0.3, -0.25) is 0 Å². The molecule has 0 spiro atoms. The van der Waals surface area contributed by atoms with E-state index in [1.165, 1.54) is 21.8 Å². The van der Waals surface area contributed by atoms with Crippen molar-refractivity contribution in [1.82, 2.24) is 19.3 Å². The Hall–Kier alpha value is -7.44. The van der Waals surface area contributed by atoms with Crippen molar-refractivity contribution < 1.29 is 8.83 Å². The molecule has 0 fully saturated rings. The first-order chi connectivity index (χ1) is 26.8. The minimum Gasteiger partial charge on any atom is -0.456 e. The molecule has 4 aromatic heterocycles. The fourth-order valence-electron chi connectivity index (χ4n) is 7.90. The van der Waals surface area contributed by atoms with Gasteiger partial charge in [0.1, 0.15) is 23.1 Å². The van der Waals surface area contributed by atoms with Crippen LogP contribution in [0.2, 0.25) is 0 Å². The number of para-hydroxylation sites is 2. The zero-order valence-electron chi connectivity index (χ0n) is 28.9. The normalized spacial score (nSPS) is 11.7. The van der Waals surface area contributed by atoms with Crippen molar-refractivity contribution in [1.29, 1.82) is 0 Å². The van der Waals surface area contributed by atoms with E-state index in [0.29, 0.717) is 5.89 Å². The second-order valence-corrected chi connectivity index (χ2v) is 13.5. The summed E-state index contributed by atoms with van der Waals surface area (Å²) >= 11 is 0. The minimum atomic E-state index is 0.516. The highest BCUT2D eigenvalue weighted by atomic mass is 16.3. The molecule has 4 heterocycles. The summed E-state index contributed by atoms with van der Waals surface area (Å²) in [5.41, 5.74) is 12.8. The molecule has 0 unspecified atom stereocenters. The molecule has 0 bridgehead atoms. The Morgan fingerprint density at radius 3 is 1.85 bits per heavy atom. The molecule has 11 rings (SSSR count). The van der Waals surface area contributed by atoms with Crippen LogP contribution in [0.25, 0.3) is 100 Å². The number of oxazole rings is 1. The summed E-state index contributed by atoms with van der Waals surface area (Å²) in [6.45, 7) is 0. The topological polar surface area (TPSA) is 61.9 Å². The molecule has 0 radical (unpaired) electrons. The summed E-state index contributed by atoms with van der Waals surface area (Å²) in [5.74, 6) is 0.516. The number of hydrogen-bond donors (Lipinski definition) is 0. The van der Waals surface area contributed by atoms with Crippen molar-refractivity contribution >= 4 is 43.7 Å². The van der Waals surface area contributed by atoms with Gasteiger partial charge >= 0.3 is 0 Å². The first-order valence-corrected chi connectivity index (χ1v) is 18.0. The van der Waals surface area contributed by atoms with Crippen molar-refractivity contribution in [2.24, 2.45) is 0 Å². The largest absolute Gasteiger partial charge is 0.456 e. The maximum absolute atomic E-state index is 6.43. The van der Waals surface area contributed by atoms with Gasteiger partial charge in [-0.25, -0.2) is 9.67 Å². The van der Waals surface area contributed by atoms with E-state index in [9.17, 15) is 0 Å². The minimum absolute atomic E-state index is 0.516. The van der Waals surface area contributed by atoms with Crippen LogP contribution in [0.15, 0.2) is 191 Å². The van der Waals surface area contributed by atoms with E-state index in [1.54, 1.807) is 12.5 Å². The fraction of sp³-hybridized carbons (Fsp3) is 0. The van der Waals surface area contributed by atoms with E-state index in [2.05, 4.69) is 137 Å². The number of rotatable bonds is 6. The summed E-state index contributed by atoms with van der Waals surface area (Å²) in [4.78, 5) is 4.60. The number of nitrogens with zero attached hydrogens (tertiary/aromatic N) is 4. The maximum Gasteiger partial charge on any atom is 0.230 e.